The van der Waals surface area contributed by atoms with Crippen molar-refractivity contribution in [3.63, 3.8) is 0 Å². The molecule has 0 fully saturated rings. The lowest BCUT2D eigenvalue weighted by Crippen LogP contribution is -2.34. The van der Waals surface area contributed by atoms with Crippen molar-refractivity contribution >= 4 is 34.5 Å². The fourth-order valence-corrected chi connectivity index (χ4v) is 3.03. The summed E-state index contributed by atoms with van der Waals surface area (Å²) < 4.78 is 0. The highest BCUT2D eigenvalue weighted by molar-refractivity contribution is 6.44. The number of aliphatic hydroxyl groups is 1. The summed E-state index contributed by atoms with van der Waals surface area (Å²) in [5, 5.41) is 21.9. The van der Waals surface area contributed by atoms with E-state index in [0.717, 1.165) is 11.0 Å². The standard InChI is InChI=1S/C20H12N4O5/c25-18(14-5-1-3-9-21-14)17-13-8-7-12(24(28)29)11-16(13)23(20(17)27)19(26)15-6-2-4-10-22-15/h1-11,25H/b18-17-. The maximum atomic E-state index is 13.1. The summed E-state index contributed by atoms with van der Waals surface area (Å²) in [4.78, 5) is 45.4. The predicted molar refractivity (Wildman–Crippen MR) is 103 cm³/mol. The first-order valence-electron chi connectivity index (χ1n) is 8.42. The minimum Gasteiger partial charge on any atom is -0.505 e. The third kappa shape index (κ3) is 3.00. The molecule has 2 amide bonds. The molecule has 1 aromatic carbocycles. The number of nitro benzene ring substituents is 1. The molecule has 0 radical (unpaired) electrons. The lowest BCUT2D eigenvalue weighted by atomic mass is 10.0. The fraction of sp³-hybridized carbons (Fsp3) is 0. The number of non-ortho nitro benzene ring substituents is 1. The van der Waals surface area contributed by atoms with Crippen molar-refractivity contribution in [1.82, 2.24) is 9.97 Å². The van der Waals surface area contributed by atoms with Crippen LogP contribution in [0, 0.1) is 10.1 Å². The van der Waals surface area contributed by atoms with Gasteiger partial charge in [0, 0.05) is 30.1 Å². The molecular formula is C20H12N4O5. The van der Waals surface area contributed by atoms with Crippen LogP contribution >= 0.6 is 0 Å². The highest BCUT2D eigenvalue weighted by atomic mass is 16.6. The predicted octanol–water partition coefficient (Wildman–Crippen LogP) is 3.00. The topological polar surface area (TPSA) is 127 Å². The average Bonchev–Trinajstić information content (AvgIpc) is 3.04. The number of anilines is 1. The molecule has 2 aromatic heterocycles. The highest BCUT2D eigenvalue weighted by Gasteiger charge is 2.41. The number of aromatic nitrogens is 2. The largest absolute Gasteiger partial charge is 0.505 e. The second-order valence-corrected chi connectivity index (χ2v) is 6.06. The van der Waals surface area contributed by atoms with Gasteiger partial charge in [0.15, 0.2) is 5.76 Å². The van der Waals surface area contributed by atoms with Crippen LogP contribution in [0.5, 0.6) is 0 Å². The maximum absolute atomic E-state index is 13.1. The van der Waals surface area contributed by atoms with Gasteiger partial charge in [0.2, 0.25) is 0 Å². The molecule has 29 heavy (non-hydrogen) atoms. The number of pyridine rings is 2. The number of nitrogens with zero attached hydrogens (tertiary/aromatic N) is 4. The zero-order valence-electron chi connectivity index (χ0n) is 14.7. The Hall–Kier alpha value is -4.40. The van der Waals surface area contributed by atoms with Gasteiger partial charge in [-0.1, -0.05) is 12.1 Å². The van der Waals surface area contributed by atoms with E-state index in [0.29, 0.717) is 0 Å². The van der Waals surface area contributed by atoms with E-state index in [1.807, 2.05) is 0 Å². The van der Waals surface area contributed by atoms with Crippen molar-refractivity contribution in [3.8, 4) is 0 Å². The van der Waals surface area contributed by atoms with Gasteiger partial charge < -0.3 is 5.11 Å². The Morgan fingerprint density at radius 1 is 1.00 bits per heavy atom. The minimum atomic E-state index is -0.820. The summed E-state index contributed by atoms with van der Waals surface area (Å²) in [6.45, 7) is 0. The van der Waals surface area contributed by atoms with E-state index in [1.165, 1.54) is 36.7 Å². The van der Waals surface area contributed by atoms with Crippen LogP contribution in [0.25, 0.3) is 11.3 Å². The number of carbonyl (C=O) groups excluding carboxylic acids is 2. The quantitative estimate of drug-likeness (QED) is 0.240. The number of fused-ring (bicyclic) bond motifs is 1. The van der Waals surface area contributed by atoms with Crippen molar-refractivity contribution < 1.29 is 19.6 Å². The molecular weight excluding hydrogens is 376 g/mol. The van der Waals surface area contributed by atoms with E-state index < -0.39 is 22.5 Å². The molecule has 0 saturated carbocycles. The number of rotatable bonds is 3. The van der Waals surface area contributed by atoms with Gasteiger partial charge in [-0.2, -0.15) is 0 Å². The maximum Gasteiger partial charge on any atom is 0.283 e. The SMILES string of the molecule is O=C1/C(=C(\O)c2ccccn2)c2ccc([N+](=O)[O-])cc2N1C(=O)c1ccccn1. The van der Waals surface area contributed by atoms with E-state index in [-0.39, 0.29) is 33.9 Å². The third-order valence-electron chi connectivity index (χ3n) is 4.35. The second-order valence-electron chi connectivity index (χ2n) is 6.06. The Morgan fingerprint density at radius 2 is 1.66 bits per heavy atom. The third-order valence-corrected chi connectivity index (χ3v) is 4.35. The zero-order valence-corrected chi connectivity index (χ0v) is 14.7. The number of imide groups is 1. The monoisotopic (exact) mass is 388 g/mol. The van der Waals surface area contributed by atoms with Gasteiger partial charge in [-0.05, 0) is 30.3 Å². The molecule has 9 heteroatoms. The Balaban J connectivity index is 1.93. The molecule has 3 aromatic rings. The molecule has 142 valence electrons. The summed E-state index contributed by atoms with van der Waals surface area (Å²) in [5.41, 5.74) is -0.165. The molecule has 3 heterocycles. The molecule has 4 rings (SSSR count). The molecule has 1 aliphatic heterocycles. The van der Waals surface area contributed by atoms with Crippen LogP contribution < -0.4 is 4.90 Å². The molecule has 0 unspecified atom stereocenters. The summed E-state index contributed by atoms with van der Waals surface area (Å²) >= 11 is 0. The summed E-state index contributed by atoms with van der Waals surface area (Å²) in [5.74, 6) is -2.01. The van der Waals surface area contributed by atoms with Gasteiger partial charge in [0.25, 0.3) is 17.5 Å². The summed E-state index contributed by atoms with van der Waals surface area (Å²) in [6, 6.07) is 13.0. The van der Waals surface area contributed by atoms with Crippen LogP contribution in [-0.4, -0.2) is 31.8 Å². The number of nitro groups is 1. The highest BCUT2D eigenvalue weighted by Crippen LogP contribution is 2.42. The van der Waals surface area contributed by atoms with Gasteiger partial charge in [-0.15, -0.1) is 0 Å². The lowest BCUT2D eigenvalue weighted by molar-refractivity contribution is -0.384. The van der Waals surface area contributed by atoms with E-state index in [9.17, 15) is 24.8 Å². The van der Waals surface area contributed by atoms with Crippen LogP contribution in [-0.2, 0) is 4.79 Å². The minimum absolute atomic E-state index is 0.00247. The number of amides is 2. The molecule has 0 saturated heterocycles. The second kappa shape index (κ2) is 6.97. The van der Waals surface area contributed by atoms with Gasteiger partial charge >= 0.3 is 0 Å². The molecule has 1 N–H and O–H groups in total. The number of benzene rings is 1. The number of hydrogen-bond acceptors (Lipinski definition) is 7. The van der Waals surface area contributed by atoms with Crippen LogP contribution in [0.3, 0.4) is 0 Å². The summed E-state index contributed by atoms with van der Waals surface area (Å²) in [7, 11) is 0. The van der Waals surface area contributed by atoms with E-state index in [4.69, 9.17) is 0 Å². The number of hydrogen-bond donors (Lipinski definition) is 1. The van der Waals surface area contributed by atoms with Crippen molar-refractivity contribution in [2.45, 2.75) is 0 Å². The van der Waals surface area contributed by atoms with Crippen LogP contribution in [0.1, 0.15) is 21.7 Å². The Labute approximate surface area is 163 Å². The van der Waals surface area contributed by atoms with Crippen LogP contribution in [0.4, 0.5) is 11.4 Å². The Morgan fingerprint density at radius 3 is 2.24 bits per heavy atom. The van der Waals surface area contributed by atoms with Crippen molar-refractivity contribution in [1.29, 1.82) is 0 Å². The molecule has 0 atom stereocenters. The number of carbonyl (C=O) groups is 2. The van der Waals surface area contributed by atoms with Crippen molar-refractivity contribution in [2.24, 2.45) is 0 Å². The van der Waals surface area contributed by atoms with Crippen molar-refractivity contribution in [3.05, 3.63) is 94.1 Å². The van der Waals surface area contributed by atoms with E-state index >= 15 is 0 Å². The number of aliphatic hydroxyl groups excluding tert-OH is 1. The molecule has 0 spiro atoms. The average molecular weight is 388 g/mol. The Bertz CT molecular complexity index is 1180. The smallest absolute Gasteiger partial charge is 0.283 e. The van der Waals surface area contributed by atoms with Gasteiger partial charge in [-0.3, -0.25) is 29.7 Å². The van der Waals surface area contributed by atoms with E-state index in [2.05, 4.69) is 9.97 Å². The van der Waals surface area contributed by atoms with E-state index in [1.54, 1.807) is 24.3 Å². The van der Waals surface area contributed by atoms with Gasteiger partial charge in [0.1, 0.15) is 11.4 Å². The first kappa shape index (κ1) is 18.0. The Kier molecular flexibility index (Phi) is 4.32. The van der Waals surface area contributed by atoms with Crippen LogP contribution in [0.15, 0.2) is 67.0 Å². The first-order valence-corrected chi connectivity index (χ1v) is 8.42. The zero-order chi connectivity index (χ0) is 20.5. The summed E-state index contributed by atoms with van der Waals surface area (Å²) in [6.07, 6.45) is 2.84. The fourth-order valence-electron chi connectivity index (χ4n) is 3.03. The molecule has 1 aliphatic rings. The van der Waals surface area contributed by atoms with Gasteiger partial charge in [-0.25, -0.2) is 4.90 Å². The molecule has 0 bridgehead atoms. The molecule has 0 aliphatic carbocycles. The lowest BCUT2D eigenvalue weighted by Gasteiger charge is -2.14. The normalized spacial score (nSPS) is 14.5. The first-order chi connectivity index (χ1) is 14.0. The van der Waals surface area contributed by atoms with Crippen molar-refractivity contribution in [2.75, 3.05) is 4.90 Å². The molecule has 9 nitrogen and oxygen atoms in total. The van der Waals surface area contributed by atoms with Gasteiger partial charge in [0.05, 0.1) is 16.2 Å². The van der Waals surface area contributed by atoms with Crippen LogP contribution in [0.2, 0.25) is 0 Å².